The molecule has 268 valence electrons. The van der Waals surface area contributed by atoms with E-state index >= 15 is 0 Å². The van der Waals surface area contributed by atoms with Gasteiger partial charge in [-0.15, -0.1) is 0 Å². The summed E-state index contributed by atoms with van der Waals surface area (Å²) in [6.07, 6.45) is 14.1. The van der Waals surface area contributed by atoms with Crippen LogP contribution in [-0.4, -0.2) is 36.8 Å². The van der Waals surface area contributed by atoms with Gasteiger partial charge in [-0.2, -0.15) is 22.7 Å². The second-order valence-electron chi connectivity index (χ2n) is 14.5. The summed E-state index contributed by atoms with van der Waals surface area (Å²) in [5.74, 6) is -0.990. The van der Waals surface area contributed by atoms with Crippen LogP contribution in [0.4, 0.5) is 13.2 Å². The summed E-state index contributed by atoms with van der Waals surface area (Å²) in [6.45, 7) is 23.1. The molecule has 0 saturated heterocycles. The first-order chi connectivity index (χ1) is 23.0. The summed E-state index contributed by atoms with van der Waals surface area (Å²) in [6, 6.07) is 14.4. The van der Waals surface area contributed by atoms with Crippen LogP contribution in [0.1, 0.15) is 128 Å². The lowest BCUT2D eigenvalue weighted by atomic mass is 9.13. The van der Waals surface area contributed by atoms with Gasteiger partial charge in [-0.05, 0) is 64.7 Å². The Morgan fingerprint density at radius 3 is 1.04 bits per heavy atom. The van der Waals surface area contributed by atoms with Crippen molar-refractivity contribution in [3.8, 4) is 0 Å². The highest BCUT2D eigenvalue weighted by atomic mass is 19.1. The van der Waals surface area contributed by atoms with E-state index in [0.29, 0.717) is 6.32 Å². The Kier molecular flexibility index (Phi) is 18.7. The van der Waals surface area contributed by atoms with Crippen LogP contribution < -0.4 is 16.4 Å². The molecule has 48 heavy (non-hydrogen) atoms. The zero-order valence-electron chi connectivity index (χ0n) is 31.9. The van der Waals surface area contributed by atoms with Crippen molar-refractivity contribution in [2.24, 2.45) is 0 Å². The molecule has 0 radical (unpaired) electrons. The van der Waals surface area contributed by atoms with Gasteiger partial charge in [-0.1, -0.05) is 139 Å². The van der Waals surface area contributed by atoms with Gasteiger partial charge < -0.3 is 4.48 Å². The quantitative estimate of drug-likeness (QED) is 0.0640. The molecule has 3 aromatic carbocycles. The van der Waals surface area contributed by atoms with Crippen LogP contribution in [0.2, 0.25) is 6.32 Å². The van der Waals surface area contributed by atoms with Gasteiger partial charge in [0, 0.05) is 0 Å². The summed E-state index contributed by atoms with van der Waals surface area (Å²) in [5, 5.41) is 0. The maximum Gasteiger partial charge on any atom is 0.120 e. The molecule has 0 heterocycles. The van der Waals surface area contributed by atoms with Crippen LogP contribution in [0.5, 0.6) is 0 Å². The second kappa shape index (κ2) is 21.5. The first kappa shape index (κ1) is 41.6. The molecule has 0 amide bonds. The van der Waals surface area contributed by atoms with Gasteiger partial charge in [0.1, 0.15) is 17.5 Å². The van der Waals surface area contributed by atoms with Gasteiger partial charge in [-0.25, -0.2) is 13.2 Å². The van der Waals surface area contributed by atoms with Gasteiger partial charge in [0.15, 0.2) is 0 Å². The number of quaternary nitrogens is 1. The predicted octanol–water partition coefficient (Wildman–Crippen LogP) is 11.1. The minimum absolute atomic E-state index is 0.330. The molecule has 0 aliphatic rings. The molecule has 0 aliphatic heterocycles. The van der Waals surface area contributed by atoms with E-state index in [9.17, 15) is 13.2 Å². The SMILES string of the molecule is CCCCCC[B-](c1cc(F)ccc1C)(c1cc(F)ccc1C)c1cc(F)ccc1C.CCCC[N+](CCCC)(CCCC)CCCC. The molecule has 3 rings (SSSR count). The topological polar surface area (TPSA) is 0 Å². The molecule has 0 unspecified atom stereocenters. The molecule has 0 fully saturated rings. The summed E-state index contributed by atoms with van der Waals surface area (Å²) >= 11 is 0. The smallest absolute Gasteiger partial charge is 0.120 e. The molecule has 0 aromatic heterocycles. The van der Waals surface area contributed by atoms with E-state index in [1.807, 2.05) is 20.8 Å². The summed E-state index contributed by atoms with van der Waals surface area (Å²) < 4.78 is 45.1. The first-order valence-corrected chi connectivity index (χ1v) is 19.4. The zero-order valence-corrected chi connectivity index (χ0v) is 31.9. The van der Waals surface area contributed by atoms with Crippen molar-refractivity contribution in [2.75, 3.05) is 26.2 Å². The Balaban J connectivity index is 0.000000401. The highest BCUT2D eigenvalue weighted by Crippen LogP contribution is 2.23. The first-order valence-electron chi connectivity index (χ1n) is 19.4. The lowest BCUT2D eigenvalue weighted by Crippen LogP contribution is -2.69. The van der Waals surface area contributed by atoms with E-state index < -0.39 is 6.15 Å². The highest BCUT2D eigenvalue weighted by Gasteiger charge is 2.34. The predicted molar refractivity (Wildman–Crippen MR) is 206 cm³/mol. The van der Waals surface area contributed by atoms with E-state index in [1.165, 1.54) is 100 Å². The minimum Gasteiger partial charge on any atom is -0.324 e. The number of benzene rings is 3. The number of hydrogen-bond donors (Lipinski definition) is 0. The molecule has 0 atom stereocenters. The maximum atomic E-state index is 14.6. The van der Waals surface area contributed by atoms with Crippen molar-refractivity contribution in [3.05, 3.63) is 88.7 Å². The van der Waals surface area contributed by atoms with Crippen molar-refractivity contribution in [3.63, 3.8) is 0 Å². The highest BCUT2D eigenvalue weighted by molar-refractivity contribution is 7.12. The molecule has 5 heteroatoms. The van der Waals surface area contributed by atoms with Crippen LogP contribution in [0.15, 0.2) is 54.6 Å². The number of rotatable bonds is 20. The van der Waals surface area contributed by atoms with Crippen LogP contribution >= 0.6 is 0 Å². The molecular formula is C43H67BF3N. The third-order valence-corrected chi connectivity index (χ3v) is 10.8. The Bertz CT molecular complexity index is 1190. The summed E-state index contributed by atoms with van der Waals surface area (Å²) in [7, 11) is 0. The molecule has 0 aliphatic carbocycles. The van der Waals surface area contributed by atoms with E-state index in [-0.39, 0.29) is 17.5 Å². The summed E-state index contributed by atoms with van der Waals surface area (Å²) in [5.41, 5.74) is 5.30. The largest absolute Gasteiger partial charge is 0.324 e. The normalized spacial score (nSPS) is 11.8. The van der Waals surface area contributed by atoms with Gasteiger partial charge in [0.2, 0.25) is 0 Å². The third kappa shape index (κ3) is 11.8. The third-order valence-electron chi connectivity index (χ3n) is 10.8. The van der Waals surface area contributed by atoms with Gasteiger partial charge in [0.05, 0.1) is 32.3 Å². The second-order valence-corrected chi connectivity index (χ2v) is 14.5. The number of aryl methyl sites for hydroxylation is 3. The van der Waals surface area contributed by atoms with Crippen molar-refractivity contribution in [1.82, 2.24) is 0 Å². The maximum absolute atomic E-state index is 14.6. The molecule has 1 nitrogen and oxygen atoms in total. The van der Waals surface area contributed by atoms with Crippen LogP contribution in [0.3, 0.4) is 0 Å². The van der Waals surface area contributed by atoms with E-state index in [0.717, 1.165) is 58.8 Å². The molecule has 3 aromatic rings. The van der Waals surface area contributed by atoms with Crippen LogP contribution in [-0.2, 0) is 0 Å². The fourth-order valence-electron chi connectivity index (χ4n) is 7.92. The van der Waals surface area contributed by atoms with Gasteiger partial charge in [-0.3, -0.25) is 0 Å². The zero-order chi connectivity index (χ0) is 35.6. The van der Waals surface area contributed by atoms with Crippen molar-refractivity contribution < 1.29 is 17.7 Å². The monoisotopic (exact) mass is 666 g/mol. The standard InChI is InChI=1S/C27H31BF3.C16H36N/c1-5-6-7-8-15-28(25-16-22(29)12-9-19(25)2,26-17-23(30)13-10-20(26)3)27-18-24(31)14-11-21(27)4;1-5-9-13-17(14-10-6-2,15-11-7-3)16-12-8-4/h9-14,16-18H,5-8,15H2,1-4H3;5-16H2,1-4H3/q-1;+1. The van der Waals surface area contributed by atoms with E-state index in [1.54, 1.807) is 36.4 Å². The van der Waals surface area contributed by atoms with E-state index in [2.05, 4.69) is 34.6 Å². The molecule has 0 N–H and O–H groups in total. The Morgan fingerprint density at radius 1 is 0.438 bits per heavy atom. The average molecular weight is 666 g/mol. The Labute approximate surface area is 293 Å². The lowest BCUT2D eigenvalue weighted by Gasteiger charge is -2.46. The van der Waals surface area contributed by atoms with Crippen molar-refractivity contribution >= 4 is 22.5 Å². The number of nitrogens with zero attached hydrogens (tertiary/aromatic N) is 1. The molecule has 0 bridgehead atoms. The van der Waals surface area contributed by atoms with Crippen molar-refractivity contribution in [2.45, 2.75) is 139 Å². The van der Waals surface area contributed by atoms with Crippen LogP contribution in [0, 0.1) is 38.2 Å². The molecule has 0 saturated carbocycles. The van der Waals surface area contributed by atoms with E-state index in [4.69, 9.17) is 0 Å². The van der Waals surface area contributed by atoms with Gasteiger partial charge in [0.25, 0.3) is 0 Å². The lowest BCUT2D eigenvalue weighted by molar-refractivity contribution is -0.929. The van der Waals surface area contributed by atoms with Crippen molar-refractivity contribution in [1.29, 1.82) is 0 Å². The fourth-order valence-corrected chi connectivity index (χ4v) is 7.92. The van der Waals surface area contributed by atoms with Crippen LogP contribution in [0.25, 0.3) is 0 Å². The Hall–Kier alpha value is -2.53. The number of hydrogen-bond acceptors (Lipinski definition) is 0. The molecule has 0 spiro atoms. The fraction of sp³-hybridized carbons (Fsp3) is 0.581. The van der Waals surface area contributed by atoms with Gasteiger partial charge >= 0.3 is 0 Å². The minimum atomic E-state index is -1.78. The number of unbranched alkanes of at least 4 members (excludes halogenated alkanes) is 7. The average Bonchev–Trinajstić information content (AvgIpc) is 3.08. The molecular weight excluding hydrogens is 598 g/mol. The Morgan fingerprint density at radius 2 is 0.750 bits per heavy atom. The number of halogens is 3. The summed E-state index contributed by atoms with van der Waals surface area (Å²) in [4.78, 5) is 0.